The molecule has 1 fully saturated rings. The Morgan fingerprint density at radius 1 is 1.60 bits per heavy atom. The standard InChI is InChI=1S/C7H15NO2/c1-7(2,5-9)10-6-3-8-4-6/h6,8-9H,3-5H2,1-2H3. The normalized spacial score (nSPS) is 20.7. The lowest BCUT2D eigenvalue weighted by molar-refractivity contribution is -0.113. The van der Waals surface area contributed by atoms with Crippen molar-refractivity contribution >= 4 is 0 Å². The smallest absolute Gasteiger partial charge is 0.0861 e. The molecule has 0 aromatic heterocycles. The molecular formula is C7H15NO2. The van der Waals surface area contributed by atoms with Crippen LogP contribution in [0.4, 0.5) is 0 Å². The molecule has 3 nitrogen and oxygen atoms in total. The summed E-state index contributed by atoms with van der Waals surface area (Å²) in [4.78, 5) is 0. The molecule has 0 spiro atoms. The Bertz CT molecular complexity index is 110. The Morgan fingerprint density at radius 2 is 2.20 bits per heavy atom. The average Bonchev–Trinajstić information content (AvgIpc) is 1.80. The SMILES string of the molecule is CC(C)(CO)OC1CNC1. The Morgan fingerprint density at radius 3 is 2.50 bits per heavy atom. The first-order chi connectivity index (χ1) is 4.64. The van der Waals surface area contributed by atoms with Gasteiger partial charge in [0.1, 0.15) is 0 Å². The van der Waals surface area contributed by atoms with Gasteiger partial charge in [-0.3, -0.25) is 0 Å². The van der Waals surface area contributed by atoms with E-state index < -0.39 is 0 Å². The van der Waals surface area contributed by atoms with Crippen LogP contribution in [0.3, 0.4) is 0 Å². The molecule has 1 heterocycles. The van der Waals surface area contributed by atoms with E-state index in [-0.39, 0.29) is 12.2 Å². The van der Waals surface area contributed by atoms with Gasteiger partial charge >= 0.3 is 0 Å². The maximum atomic E-state index is 8.82. The summed E-state index contributed by atoms with van der Waals surface area (Å²) in [6, 6.07) is 0. The maximum absolute atomic E-state index is 8.82. The van der Waals surface area contributed by atoms with Crippen LogP contribution in [0.25, 0.3) is 0 Å². The molecular weight excluding hydrogens is 130 g/mol. The van der Waals surface area contributed by atoms with Gasteiger partial charge in [0, 0.05) is 13.1 Å². The number of aliphatic hydroxyl groups excluding tert-OH is 1. The number of aliphatic hydroxyl groups is 1. The quantitative estimate of drug-likeness (QED) is 0.575. The van der Waals surface area contributed by atoms with E-state index in [0.717, 1.165) is 13.1 Å². The molecule has 0 saturated carbocycles. The first kappa shape index (κ1) is 7.98. The van der Waals surface area contributed by atoms with Crippen LogP contribution >= 0.6 is 0 Å². The molecule has 0 aromatic rings. The molecule has 60 valence electrons. The van der Waals surface area contributed by atoms with Gasteiger partial charge in [-0.1, -0.05) is 0 Å². The topological polar surface area (TPSA) is 41.5 Å². The lowest BCUT2D eigenvalue weighted by Crippen LogP contribution is -2.52. The van der Waals surface area contributed by atoms with Gasteiger partial charge in [0.2, 0.25) is 0 Å². The van der Waals surface area contributed by atoms with Crippen LogP contribution in [0.15, 0.2) is 0 Å². The lowest BCUT2D eigenvalue weighted by atomic mass is 10.1. The van der Waals surface area contributed by atoms with Crippen LogP contribution in [0.2, 0.25) is 0 Å². The van der Waals surface area contributed by atoms with Crippen molar-refractivity contribution in [2.24, 2.45) is 0 Å². The molecule has 3 heteroatoms. The largest absolute Gasteiger partial charge is 0.393 e. The van der Waals surface area contributed by atoms with Crippen LogP contribution in [-0.4, -0.2) is 36.5 Å². The third kappa shape index (κ3) is 1.94. The molecule has 1 rings (SSSR count). The predicted octanol–water partition coefficient (Wildman–Crippen LogP) is -0.254. The van der Waals surface area contributed by atoms with Crippen LogP contribution in [0.5, 0.6) is 0 Å². The van der Waals surface area contributed by atoms with Crippen LogP contribution in [-0.2, 0) is 4.74 Å². The summed E-state index contributed by atoms with van der Waals surface area (Å²) < 4.78 is 5.51. The zero-order valence-corrected chi connectivity index (χ0v) is 6.55. The van der Waals surface area contributed by atoms with Crippen molar-refractivity contribution in [2.45, 2.75) is 25.6 Å². The van der Waals surface area contributed by atoms with Crippen LogP contribution in [0, 0.1) is 0 Å². The minimum absolute atomic E-state index is 0.0868. The molecule has 1 aliphatic heterocycles. The van der Waals surface area contributed by atoms with E-state index in [1.165, 1.54) is 0 Å². The number of hydrogen-bond acceptors (Lipinski definition) is 3. The van der Waals surface area contributed by atoms with E-state index in [9.17, 15) is 0 Å². The highest BCUT2D eigenvalue weighted by molar-refractivity contribution is 4.79. The van der Waals surface area contributed by atoms with Gasteiger partial charge in [-0.15, -0.1) is 0 Å². The van der Waals surface area contributed by atoms with Crippen molar-refractivity contribution in [1.82, 2.24) is 5.32 Å². The Labute approximate surface area is 61.4 Å². The van der Waals surface area contributed by atoms with E-state index in [1.807, 2.05) is 13.8 Å². The zero-order chi connectivity index (χ0) is 7.61. The Kier molecular flexibility index (Phi) is 2.28. The maximum Gasteiger partial charge on any atom is 0.0861 e. The minimum atomic E-state index is -0.368. The summed E-state index contributed by atoms with van der Waals surface area (Å²) >= 11 is 0. The number of hydrogen-bond donors (Lipinski definition) is 2. The average molecular weight is 145 g/mol. The molecule has 0 aromatic carbocycles. The predicted molar refractivity (Wildman–Crippen MR) is 38.9 cm³/mol. The van der Waals surface area contributed by atoms with Gasteiger partial charge in [-0.05, 0) is 13.8 Å². The molecule has 0 amide bonds. The van der Waals surface area contributed by atoms with Crippen molar-refractivity contribution in [2.75, 3.05) is 19.7 Å². The fraction of sp³-hybridized carbons (Fsp3) is 1.00. The van der Waals surface area contributed by atoms with Crippen molar-refractivity contribution in [1.29, 1.82) is 0 Å². The van der Waals surface area contributed by atoms with Gasteiger partial charge in [-0.2, -0.15) is 0 Å². The van der Waals surface area contributed by atoms with Gasteiger partial charge in [0.05, 0.1) is 18.3 Å². The first-order valence-electron chi connectivity index (χ1n) is 3.63. The van der Waals surface area contributed by atoms with E-state index >= 15 is 0 Å². The molecule has 0 atom stereocenters. The second kappa shape index (κ2) is 2.86. The molecule has 0 bridgehead atoms. The summed E-state index contributed by atoms with van der Waals surface area (Å²) in [5.41, 5.74) is -0.368. The van der Waals surface area contributed by atoms with Crippen LogP contribution < -0.4 is 5.32 Å². The van der Waals surface area contributed by atoms with E-state index in [1.54, 1.807) is 0 Å². The summed E-state index contributed by atoms with van der Waals surface area (Å²) in [6.07, 6.45) is 0.308. The fourth-order valence-corrected chi connectivity index (χ4v) is 0.834. The molecule has 0 aliphatic carbocycles. The number of ether oxygens (including phenoxy) is 1. The molecule has 1 saturated heterocycles. The van der Waals surface area contributed by atoms with E-state index in [0.29, 0.717) is 6.10 Å². The minimum Gasteiger partial charge on any atom is -0.393 e. The molecule has 1 aliphatic rings. The highest BCUT2D eigenvalue weighted by Crippen LogP contribution is 2.13. The molecule has 10 heavy (non-hydrogen) atoms. The lowest BCUT2D eigenvalue weighted by Gasteiger charge is -2.34. The highest BCUT2D eigenvalue weighted by Gasteiger charge is 2.26. The van der Waals surface area contributed by atoms with Crippen molar-refractivity contribution in [3.8, 4) is 0 Å². The zero-order valence-electron chi connectivity index (χ0n) is 6.55. The first-order valence-corrected chi connectivity index (χ1v) is 3.63. The van der Waals surface area contributed by atoms with Gasteiger partial charge in [0.25, 0.3) is 0 Å². The van der Waals surface area contributed by atoms with Crippen molar-refractivity contribution in [3.63, 3.8) is 0 Å². The molecule has 0 unspecified atom stereocenters. The van der Waals surface area contributed by atoms with Gasteiger partial charge < -0.3 is 15.2 Å². The van der Waals surface area contributed by atoms with Gasteiger partial charge in [-0.25, -0.2) is 0 Å². The second-order valence-corrected chi connectivity index (χ2v) is 3.32. The highest BCUT2D eigenvalue weighted by atomic mass is 16.5. The third-order valence-corrected chi connectivity index (χ3v) is 1.61. The summed E-state index contributed by atoms with van der Waals surface area (Å²) in [5, 5.41) is 11.9. The monoisotopic (exact) mass is 145 g/mol. The van der Waals surface area contributed by atoms with Crippen LogP contribution in [0.1, 0.15) is 13.8 Å². The number of rotatable bonds is 3. The van der Waals surface area contributed by atoms with Crippen molar-refractivity contribution in [3.05, 3.63) is 0 Å². The fourth-order valence-electron chi connectivity index (χ4n) is 0.834. The second-order valence-electron chi connectivity index (χ2n) is 3.32. The summed E-state index contributed by atoms with van der Waals surface area (Å²) in [5.74, 6) is 0. The van der Waals surface area contributed by atoms with E-state index in [4.69, 9.17) is 9.84 Å². The molecule has 0 radical (unpaired) electrons. The molecule has 2 N–H and O–H groups in total. The summed E-state index contributed by atoms with van der Waals surface area (Å²) in [6.45, 7) is 5.72. The van der Waals surface area contributed by atoms with E-state index in [2.05, 4.69) is 5.32 Å². The summed E-state index contributed by atoms with van der Waals surface area (Å²) in [7, 11) is 0. The number of nitrogens with one attached hydrogen (secondary N) is 1. The van der Waals surface area contributed by atoms with Crippen molar-refractivity contribution < 1.29 is 9.84 Å². The Hall–Kier alpha value is -0.120. The third-order valence-electron chi connectivity index (χ3n) is 1.61. The van der Waals surface area contributed by atoms with Gasteiger partial charge in [0.15, 0.2) is 0 Å². The Balaban J connectivity index is 2.21.